The van der Waals surface area contributed by atoms with Crippen molar-refractivity contribution < 1.29 is 9.47 Å². The van der Waals surface area contributed by atoms with E-state index in [0.717, 1.165) is 35.6 Å². The number of hydrogen-bond donors (Lipinski definition) is 0. The molecule has 1 aliphatic carbocycles. The molecule has 0 N–H and O–H groups in total. The summed E-state index contributed by atoms with van der Waals surface area (Å²) in [6, 6.07) is 11.9. The van der Waals surface area contributed by atoms with Gasteiger partial charge in [-0.25, -0.2) is 0 Å². The Kier molecular flexibility index (Phi) is 4.74. The molecule has 1 aromatic heterocycles. The summed E-state index contributed by atoms with van der Waals surface area (Å²) in [4.78, 5) is 4.29. The van der Waals surface area contributed by atoms with Crippen molar-refractivity contribution in [1.82, 2.24) is 4.98 Å². The van der Waals surface area contributed by atoms with E-state index in [0.29, 0.717) is 6.10 Å². The van der Waals surface area contributed by atoms with E-state index in [1.807, 2.05) is 48.6 Å². The van der Waals surface area contributed by atoms with Gasteiger partial charge in [0, 0.05) is 6.20 Å². The summed E-state index contributed by atoms with van der Waals surface area (Å²) in [5, 5.41) is 0. The van der Waals surface area contributed by atoms with Gasteiger partial charge < -0.3 is 9.47 Å². The highest BCUT2D eigenvalue weighted by Crippen LogP contribution is 2.32. The fourth-order valence-electron chi connectivity index (χ4n) is 2.73. The van der Waals surface area contributed by atoms with Crippen LogP contribution < -0.4 is 9.47 Å². The minimum absolute atomic E-state index is 0.323. The Morgan fingerprint density at radius 1 is 1.05 bits per heavy atom. The van der Waals surface area contributed by atoms with Crippen molar-refractivity contribution in [3.63, 3.8) is 0 Å². The first-order valence-electron chi connectivity index (χ1n) is 7.79. The zero-order valence-corrected chi connectivity index (χ0v) is 12.9. The number of nitrogens with zero attached hydrogens (tertiary/aromatic N) is 1. The predicted molar refractivity (Wildman–Crippen MR) is 89.0 cm³/mol. The van der Waals surface area contributed by atoms with Crippen molar-refractivity contribution in [3.8, 4) is 11.5 Å². The molecule has 0 atom stereocenters. The topological polar surface area (TPSA) is 31.4 Å². The average Bonchev–Trinajstić information content (AvgIpc) is 3.07. The second kappa shape index (κ2) is 7.12. The van der Waals surface area contributed by atoms with Crippen LogP contribution in [0.15, 0.2) is 42.6 Å². The monoisotopic (exact) mass is 295 g/mol. The van der Waals surface area contributed by atoms with E-state index in [1.165, 1.54) is 12.8 Å². The number of pyridine rings is 1. The van der Waals surface area contributed by atoms with Crippen LogP contribution in [0.4, 0.5) is 0 Å². The van der Waals surface area contributed by atoms with E-state index in [1.54, 1.807) is 13.3 Å². The van der Waals surface area contributed by atoms with Crippen molar-refractivity contribution in [3.05, 3.63) is 53.9 Å². The summed E-state index contributed by atoms with van der Waals surface area (Å²) in [6.07, 6.45) is 10.9. The number of aromatic nitrogens is 1. The molecule has 1 aromatic carbocycles. The van der Waals surface area contributed by atoms with Crippen LogP contribution in [-0.2, 0) is 0 Å². The summed E-state index contributed by atoms with van der Waals surface area (Å²) in [7, 11) is 1.68. The van der Waals surface area contributed by atoms with Gasteiger partial charge in [-0.15, -0.1) is 0 Å². The van der Waals surface area contributed by atoms with E-state index >= 15 is 0 Å². The van der Waals surface area contributed by atoms with Gasteiger partial charge in [-0.05, 0) is 61.6 Å². The molecule has 1 saturated carbocycles. The van der Waals surface area contributed by atoms with Crippen LogP contribution in [0.2, 0.25) is 0 Å². The molecule has 1 aliphatic rings. The third kappa shape index (κ3) is 3.67. The van der Waals surface area contributed by atoms with Gasteiger partial charge in [-0.1, -0.05) is 18.2 Å². The highest BCUT2D eigenvalue weighted by molar-refractivity contribution is 5.69. The summed E-state index contributed by atoms with van der Waals surface area (Å²) < 4.78 is 11.5. The molecule has 0 radical (unpaired) electrons. The first-order valence-corrected chi connectivity index (χ1v) is 7.79. The van der Waals surface area contributed by atoms with Crippen molar-refractivity contribution in [1.29, 1.82) is 0 Å². The zero-order chi connectivity index (χ0) is 15.2. The Hall–Kier alpha value is -2.29. The second-order valence-corrected chi connectivity index (χ2v) is 5.52. The molecule has 3 rings (SSSR count). The SMILES string of the molecule is COc1ccc(/C=C/c2ccccn2)cc1OC1CCCC1. The van der Waals surface area contributed by atoms with Crippen LogP contribution >= 0.6 is 0 Å². The molecule has 3 nitrogen and oxygen atoms in total. The summed E-state index contributed by atoms with van der Waals surface area (Å²) >= 11 is 0. The van der Waals surface area contributed by atoms with E-state index in [9.17, 15) is 0 Å². The zero-order valence-electron chi connectivity index (χ0n) is 12.9. The molecule has 0 saturated heterocycles. The summed E-state index contributed by atoms with van der Waals surface area (Å²) in [6.45, 7) is 0. The average molecular weight is 295 g/mol. The molecule has 0 spiro atoms. The first-order chi connectivity index (χ1) is 10.8. The number of ether oxygens (including phenoxy) is 2. The van der Waals surface area contributed by atoms with Crippen molar-refractivity contribution >= 4 is 12.2 Å². The van der Waals surface area contributed by atoms with Crippen LogP contribution in [0.25, 0.3) is 12.2 Å². The van der Waals surface area contributed by atoms with Gasteiger partial charge >= 0.3 is 0 Å². The molecule has 3 heteroatoms. The smallest absolute Gasteiger partial charge is 0.162 e. The molecule has 22 heavy (non-hydrogen) atoms. The lowest BCUT2D eigenvalue weighted by atomic mass is 10.1. The van der Waals surface area contributed by atoms with Gasteiger partial charge in [0.15, 0.2) is 11.5 Å². The Bertz CT molecular complexity index is 631. The van der Waals surface area contributed by atoms with E-state index in [4.69, 9.17) is 9.47 Å². The van der Waals surface area contributed by atoms with Gasteiger partial charge in [-0.2, -0.15) is 0 Å². The lowest BCUT2D eigenvalue weighted by molar-refractivity contribution is 0.201. The molecule has 0 amide bonds. The van der Waals surface area contributed by atoms with Crippen LogP contribution in [0, 0.1) is 0 Å². The van der Waals surface area contributed by atoms with Crippen LogP contribution in [0.5, 0.6) is 11.5 Å². The highest BCUT2D eigenvalue weighted by atomic mass is 16.5. The molecule has 2 aromatic rings. The number of hydrogen-bond acceptors (Lipinski definition) is 3. The van der Waals surface area contributed by atoms with Crippen LogP contribution in [0.3, 0.4) is 0 Å². The lowest BCUT2D eigenvalue weighted by Gasteiger charge is -2.16. The quantitative estimate of drug-likeness (QED) is 0.809. The minimum Gasteiger partial charge on any atom is -0.493 e. The van der Waals surface area contributed by atoms with E-state index in [2.05, 4.69) is 4.98 Å². The maximum atomic E-state index is 6.12. The fourth-order valence-corrected chi connectivity index (χ4v) is 2.73. The molecular weight excluding hydrogens is 274 g/mol. The molecular formula is C19H21NO2. The largest absolute Gasteiger partial charge is 0.493 e. The van der Waals surface area contributed by atoms with Crippen LogP contribution in [-0.4, -0.2) is 18.2 Å². The number of benzene rings is 1. The molecule has 0 aliphatic heterocycles. The Balaban J connectivity index is 1.78. The first kappa shape index (κ1) is 14.6. The van der Waals surface area contributed by atoms with Gasteiger partial charge in [0.2, 0.25) is 0 Å². The lowest BCUT2D eigenvalue weighted by Crippen LogP contribution is -2.11. The second-order valence-electron chi connectivity index (χ2n) is 5.52. The Morgan fingerprint density at radius 3 is 2.64 bits per heavy atom. The maximum Gasteiger partial charge on any atom is 0.162 e. The molecule has 0 unspecified atom stereocenters. The Labute approximate surface area is 131 Å². The molecule has 0 bridgehead atoms. The fraction of sp³-hybridized carbons (Fsp3) is 0.316. The molecule has 114 valence electrons. The van der Waals surface area contributed by atoms with Gasteiger partial charge in [0.25, 0.3) is 0 Å². The maximum absolute atomic E-state index is 6.12. The van der Waals surface area contributed by atoms with Crippen molar-refractivity contribution in [2.75, 3.05) is 7.11 Å². The summed E-state index contributed by atoms with van der Waals surface area (Å²) in [5.74, 6) is 1.62. The number of methoxy groups -OCH3 is 1. The van der Waals surface area contributed by atoms with E-state index in [-0.39, 0.29) is 0 Å². The van der Waals surface area contributed by atoms with Gasteiger partial charge in [0.05, 0.1) is 18.9 Å². The number of rotatable bonds is 5. The molecule has 1 heterocycles. The third-order valence-corrected chi connectivity index (χ3v) is 3.92. The molecule has 1 fully saturated rings. The predicted octanol–water partition coefficient (Wildman–Crippen LogP) is 4.58. The highest BCUT2D eigenvalue weighted by Gasteiger charge is 2.18. The summed E-state index contributed by atoms with van der Waals surface area (Å²) in [5.41, 5.74) is 2.02. The van der Waals surface area contributed by atoms with Gasteiger partial charge in [0.1, 0.15) is 0 Å². The van der Waals surface area contributed by atoms with Crippen molar-refractivity contribution in [2.24, 2.45) is 0 Å². The van der Waals surface area contributed by atoms with Crippen molar-refractivity contribution in [2.45, 2.75) is 31.8 Å². The van der Waals surface area contributed by atoms with Crippen LogP contribution in [0.1, 0.15) is 36.9 Å². The Morgan fingerprint density at radius 2 is 1.91 bits per heavy atom. The minimum atomic E-state index is 0.323. The third-order valence-electron chi connectivity index (χ3n) is 3.92. The van der Waals surface area contributed by atoms with Gasteiger partial charge in [-0.3, -0.25) is 4.98 Å². The normalized spacial score (nSPS) is 15.3. The standard InChI is InChI=1S/C19H21NO2/c1-21-18-12-10-15(9-11-16-6-4-5-13-20-16)14-19(18)22-17-7-2-3-8-17/h4-6,9-14,17H,2-3,7-8H2,1H3/b11-9+. The van der Waals surface area contributed by atoms with E-state index < -0.39 is 0 Å².